The van der Waals surface area contributed by atoms with Crippen LogP contribution >= 0.6 is 0 Å². The molecule has 0 heterocycles. The number of hydrogen-bond acceptors (Lipinski definition) is 5. The first kappa shape index (κ1) is 53.1. The van der Waals surface area contributed by atoms with Crippen LogP contribution in [0, 0.1) is 0 Å². The molecular weight excluding hydrogens is 693 g/mol. The lowest BCUT2D eigenvalue weighted by molar-refractivity contribution is -0.163. The molecule has 0 bridgehead atoms. The fourth-order valence-electron chi connectivity index (χ4n) is 6.04. The van der Waals surface area contributed by atoms with E-state index in [1.807, 2.05) is 0 Å². The summed E-state index contributed by atoms with van der Waals surface area (Å²) in [6.45, 7) is 7.48. The maximum absolute atomic E-state index is 12.5. The van der Waals surface area contributed by atoms with Gasteiger partial charge in [-0.05, 0) is 89.9 Å². The van der Waals surface area contributed by atoms with Gasteiger partial charge in [0.15, 0.2) is 6.10 Å². The number of ether oxygens (including phenoxy) is 3. The SMILES string of the molecule is CC/C=C\C/C=C\C/C=C\C/C=C\CCCCCCCCC(=O)OCC(COCCCCCCCC/C=C\C/C=C\C/C=C\CC)OC(=O)CCCCCCC. The van der Waals surface area contributed by atoms with E-state index < -0.39 is 6.10 Å². The summed E-state index contributed by atoms with van der Waals surface area (Å²) in [4.78, 5) is 25.0. The maximum atomic E-state index is 12.5. The molecule has 0 saturated carbocycles. The number of rotatable bonds is 41. The second-order valence-electron chi connectivity index (χ2n) is 14.9. The normalized spacial score (nSPS) is 13.0. The quantitative estimate of drug-likeness (QED) is 0.0351. The molecule has 320 valence electrons. The molecule has 56 heavy (non-hydrogen) atoms. The van der Waals surface area contributed by atoms with Gasteiger partial charge in [-0.25, -0.2) is 0 Å². The topological polar surface area (TPSA) is 61.8 Å². The van der Waals surface area contributed by atoms with Crippen LogP contribution in [0.2, 0.25) is 0 Å². The average molecular weight is 779 g/mol. The fraction of sp³-hybridized carbons (Fsp3) is 0.686. The molecule has 1 unspecified atom stereocenters. The van der Waals surface area contributed by atoms with E-state index >= 15 is 0 Å². The molecule has 0 aliphatic carbocycles. The lowest BCUT2D eigenvalue weighted by atomic mass is 10.1. The van der Waals surface area contributed by atoms with Gasteiger partial charge in [-0.1, -0.05) is 183 Å². The zero-order valence-electron chi connectivity index (χ0n) is 36.6. The summed E-state index contributed by atoms with van der Waals surface area (Å²) in [6, 6.07) is 0. The van der Waals surface area contributed by atoms with Crippen LogP contribution in [0.15, 0.2) is 85.1 Å². The number of carbonyl (C=O) groups excluding carboxylic acids is 2. The van der Waals surface area contributed by atoms with Crippen LogP contribution < -0.4 is 0 Å². The molecule has 0 aromatic heterocycles. The highest BCUT2D eigenvalue weighted by Gasteiger charge is 2.17. The van der Waals surface area contributed by atoms with Gasteiger partial charge >= 0.3 is 11.9 Å². The summed E-state index contributed by atoms with van der Waals surface area (Å²) in [5.74, 6) is -0.438. The van der Waals surface area contributed by atoms with E-state index in [2.05, 4.69) is 106 Å². The van der Waals surface area contributed by atoms with Gasteiger partial charge in [0.05, 0.1) is 6.61 Å². The van der Waals surface area contributed by atoms with Crippen molar-refractivity contribution in [3.63, 3.8) is 0 Å². The van der Waals surface area contributed by atoms with E-state index in [-0.39, 0.29) is 25.2 Å². The second-order valence-corrected chi connectivity index (χ2v) is 14.9. The highest BCUT2D eigenvalue weighted by atomic mass is 16.6. The molecule has 0 N–H and O–H groups in total. The molecule has 0 aliphatic rings. The lowest BCUT2D eigenvalue weighted by Gasteiger charge is -2.18. The van der Waals surface area contributed by atoms with Crippen molar-refractivity contribution >= 4 is 11.9 Å². The first-order chi connectivity index (χ1) is 27.6. The van der Waals surface area contributed by atoms with E-state index in [1.165, 1.54) is 57.8 Å². The van der Waals surface area contributed by atoms with Crippen molar-refractivity contribution in [2.24, 2.45) is 0 Å². The summed E-state index contributed by atoms with van der Waals surface area (Å²) in [7, 11) is 0. The standard InChI is InChI=1S/C51H86O5/c1-4-7-10-13-15-17-19-21-23-25-26-27-28-30-32-34-36-39-41-44-50(52)55-48-49(56-51(53)45-42-38-12-9-6-3)47-54-46-43-40-37-35-33-31-29-24-22-20-18-16-14-11-8-5-2/h7-8,10-11,15-18,21-24,26-27,49H,4-6,9,12-14,19-20,25,28-48H2,1-3H3/b10-7-,11-8-,17-15-,18-16-,23-21-,24-22-,27-26-. The van der Waals surface area contributed by atoms with Crippen molar-refractivity contribution in [1.82, 2.24) is 0 Å². The van der Waals surface area contributed by atoms with Crippen molar-refractivity contribution in [3.8, 4) is 0 Å². The molecule has 0 saturated heterocycles. The number of carbonyl (C=O) groups is 2. The summed E-state index contributed by atoms with van der Waals surface area (Å²) in [5.41, 5.74) is 0. The molecule has 5 heteroatoms. The Morgan fingerprint density at radius 1 is 0.411 bits per heavy atom. The van der Waals surface area contributed by atoms with Gasteiger partial charge in [-0.2, -0.15) is 0 Å². The van der Waals surface area contributed by atoms with Crippen LogP contribution in [0.1, 0.15) is 201 Å². The third-order valence-corrected chi connectivity index (χ3v) is 9.43. The fourth-order valence-corrected chi connectivity index (χ4v) is 6.04. The van der Waals surface area contributed by atoms with Gasteiger partial charge < -0.3 is 14.2 Å². The van der Waals surface area contributed by atoms with Gasteiger partial charge in [0.25, 0.3) is 0 Å². The number of allylic oxidation sites excluding steroid dienone is 14. The first-order valence-electron chi connectivity index (χ1n) is 23.1. The molecule has 0 rings (SSSR count). The van der Waals surface area contributed by atoms with Gasteiger partial charge in [-0.15, -0.1) is 0 Å². The Hall–Kier alpha value is -2.92. The van der Waals surface area contributed by atoms with Crippen LogP contribution in [0.25, 0.3) is 0 Å². The Kier molecular flexibility index (Phi) is 44.0. The van der Waals surface area contributed by atoms with Crippen LogP contribution in [0.3, 0.4) is 0 Å². The average Bonchev–Trinajstić information content (AvgIpc) is 3.20. The zero-order valence-corrected chi connectivity index (χ0v) is 36.6. The Balaban J connectivity index is 4.11. The van der Waals surface area contributed by atoms with Crippen LogP contribution in [0.4, 0.5) is 0 Å². The first-order valence-corrected chi connectivity index (χ1v) is 23.1. The molecule has 0 aromatic carbocycles. The Bertz CT molecular complexity index is 1060. The number of unbranched alkanes of at least 4 members (excludes halogenated alkanes) is 16. The third kappa shape index (κ3) is 43.8. The summed E-state index contributed by atoms with van der Waals surface area (Å²) < 4.78 is 17.2. The lowest BCUT2D eigenvalue weighted by Crippen LogP contribution is -2.30. The summed E-state index contributed by atoms with van der Waals surface area (Å²) in [5, 5.41) is 0. The molecule has 0 fully saturated rings. The Morgan fingerprint density at radius 2 is 0.804 bits per heavy atom. The van der Waals surface area contributed by atoms with Gasteiger partial charge in [-0.3, -0.25) is 9.59 Å². The van der Waals surface area contributed by atoms with Crippen LogP contribution in [0.5, 0.6) is 0 Å². The highest BCUT2D eigenvalue weighted by Crippen LogP contribution is 2.12. The number of hydrogen-bond donors (Lipinski definition) is 0. The monoisotopic (exact) mass is 779 g/mol. The van der Waals surface area contributed by atoms with E-state index in [9.17, 15) is 9.59 Å². The predicted octanol–water partition coefficient (Wildman–Crippen LogP) is 15.3. The molecule has 0 aliphatic heterocycles. The van der Waals surface area contributed by atoms with Crippen molar-refractivity contribution in [1.29, 1.82) is 0 Å². The minimum absolute atomic E-state index is 0.0682. The molecule has 5 nitrogen and oxygen atoms in total. The molecule has 0 spiro atoms. The minimum atomic E-state index is -0.547. The van der Waals surface area contributed by atoms with Crippen molar-refractivity contribution in [2.75, 3.05) is 19.8 Å². The van der Waals surface area contributed by atoms with E-state index in [1.54, 1.807) is 0 Å². The van der Waals surface area contributed by atoms with Crippen molar-refractivity contribution in [3.05, 3.63) is 85.1 Å². The van der Waals surface area contributed by atoms with Gasteiger partial charge in [0.1, 0.15) is 6.61 Å². The van der Waals surface area contributed by atoms with Gasteiger partial charge in [0, 0.05) is 19.4 Å². The predicted molar refractivity (Wildman–Crippen MR) is 242 cm³/mol. The summed E-state index contributed by atoms with van der Waals surface area (Å²) >= 11 is 0. The van der Waals surface area contributed by atoms with Crippen LogP contribution in [-0.2, 0) is 23.8 Å². The Labute approximate surface area is 346 Å². The van der Waals surface area contributed by atoms with Gasteiger partial charge in [0.2, 0.25) is 0 Å². The van der Waals surface area contributed by atoms with Crippen molar-refractivity contribution < 1.29 is 23.8 Å². The zero-order chi connectivity index (χ0) is 40.7. The molecule has 0 radical (unpaired) electrons. The Morgan fingerprint density at radius 3 is 1.29 bits per heavy atom. The van der Waals surface area contributed by atoms with E-state index in [0.717, 1.165) is 109 Å². The molecular formula is C51H86O5. The van der Waals surface area contributed by atoms with Crippen LogP contribution in [-0.4, -0.2) is 37.9 Å². The number of esters is 2. The minimum Gasteiger partial charge on any atom is -0.462 e. The molecule has 0 aromatic rings. The van der Waals surface area contributed by atoms with E-state index in [0.29, 0.717) is 19.4 Å². The summed E-state index contributed by atoms with van der Waals surface area (Å²) in [6.07, 6.45) is 60.4. The largest absolute Gasteiger partial charge is 0.462 e. The van der Waals surface area contributed by atoms with Crippen molar-refractivity contribution in [2.45, 2.75) is 207 Å². The maximum Gasteiger partial charge on any atom is 0.306 e. The highest BCUT2D eigenvalue weighted by molar-refractivity contribution is 5.70. The molecule has 1 atom stereocenters. The second kappa shape index (κ2) is 46.5. The van der Waals surface area contributed by atoms with E-state index in [4.69, 9.17) is 14.2 Å². The smallest absolute Gasteiger partial charge is 0.306 e. The molecule has 0 amide bonds. The third-order valence-electron chi connectivity index (χ3n) is 9.43.